The standard InChI is InChI=1S/C37H40Si.2ClH.Zr/c1-23-20-31-27-13-11-10-12-24(27)14-17-30(31)34(23)38(8,9)35-32-21-25(36(2,3)4)15-18-28(32)29-19-16-26(22-33(29)35)37(5,6)7;;;/h10-22H,1-9H3;2*1H;/q;;;+4/p-2. The summed E-state index contributed by atoms with van der Waals surface area (Å²) in [5, 5.41) is 0. The fraction of sp³-hybridized carbons (Fsp3) is 0.297. The van der Waals surface area contributed by atoms with Crippen molar-refractivity contribution in [3.63, 3.8) is 0 Å². The van der Waals surface area contributed by atoms with Crippen LogP contribution in [0.2, 0.25) is 13.1 Å². The predicted octanol–water partition coefficient (Wildman–Crippen LogP) is 10.7. The van der Waals surface area contributed by atoms with Crippen LogP contribution in [0.25, 0.3) is 6.08 Å². The summed E-state index contributed by atoms with van der Waals surface area (Å²) in [5.74, 6) is 10.0. The summed E-state index contributed by atoms with van der Waals surface area (Å²) < 4.78 is 0. The molecule has 0 atom stereocenters. The Bertz CT molecular complexity index is 1230. The van der Waals surface area contributed by atoms with Gasteiger partial charge < -0.3 is 0 Å². The molecule has 4 heteroatoms. The van der Waals surface area contributed by atoms with Crippen LogP contribution in [0.15, 0.2) is 77.9 Å². The summed E-state index contributed by atoms with van der Waals surface area (Å²) in [5.41, 5.74) is 8.93. The monoisotopic (exact) mass is 672 g/mol. The van der Waals surface area contributed by atoms with Crippen molar-refractivity contribution in [2.45, 2.75) is 61.6 Å². The molecule has 0 spiro atoms. The summed E-state index contributed by atoms with van der Waals surface area (Å²) in [7, 11) is 7.73. The van der Waals surface area contributed by atoms with Crippen molar-refractivity contribution in [1.82, 2.24) is 0 Å². The predicted molar refractivity (Wildman–Crippen MR) is 176 cm³/mol. The van der Waals surface area contributed by atoms with Gasteiger partial charge in [-0.3, -0.25) is 0 Å². The van der Waals surface area contributed by atoms with Gasteiger partial charge in [-0.2, -0.15) is 0 Å². The Kier molecular flexibility index (Phi) is 9.24. The van der Waals surface area contributed by atoms with Crippen molar-refractivity contribution in [3.8, 4) is 0 Å². The first-order valence-corrected chi connectivity index (χ1v) is 23.7. The van der Waals surface area contributed by atoms with Crippen molar-refractivity contribution in [2.24, 2.45) is 10.8 Å². The summed E-state index contributed by atoms with van der Waals surface area (Å²) in [6.07, 6.45) is 21.7. The first kappa shape index (κ1) is 32.0. The quantitative estimate of drug-likeness (QED) is 0.274. The molecule has 0 amide bonds. The second-order valence-electron chi connectivity index (χ2n) is 14.0. The molecule has 1 aromatic carbocycles. The molecular formula is C37H40Cl2SiZr+2. The molecule has 0 saturated heterocycles. The number of rotatable bonds is 2. The average molecular weight is 675 g/mol. The number of hydrogen-bond acceptors (Lipinski definition) is 0. The molecule has 1 aromatic rings. The molecule has 0 bridgehead atoms. The van der Waals surface area contributed by atoms with E-state index >= 15 is 0 Å². The maximum absolute atomic E-state index is 4.93. The first-order valence-electron chi connectivity index (χ1n) is 14.4. The second kappa shape index (κ2) is 11.8. The SMILES string of the molecule is C[C]1[CH][C]2[C](C=Cc3ccccc32)[C]1[Si](C)(C)[C]1[C]2C=C(C(C)(C)C)C=C[C]2[C]2C=CC(C(C)(C)C)=C[C]21.[Cl][Zr+2][Cl]. The van der Waals surface area contributed by atoms with Gasteiger partial charge in [0.1, 0.15) is 0 Å². The average Bonchev–Trinajstić information content (AvgIpc) is 3.42. The molecule has 0 aliphatic heterocycles. The third kappa shape index (κ3) is 5.88. The number of benzene rings is 1. The Morgan fingerprint density at radius 1 is 0.610 bits per heavy atom. The number of hydrogen-bond donors (Lipinski definition) is 0. The van der Waals surface area contributed by atoms with Crippen LogP contribution in [0.5, 0.6) is 0 Å². The zero-order chi connectivity index (χ0) is 29.9. The summed E-state index contributed by atoms with van der Waals surface area (Å²) >= 11 is -0.826. The van der Waals surface area contributed by atoms with Gasteiger partial charge in [0, 0.05) is 35.5 Å². The van der Waals surface area contributed by atoms with Crippen molar-refractivity contribution in [1.29, 1.82) is 0 Å². The minimum atomic E-state index is -2.14. The van der Waals surface area contributed by atoms with E-state index in [1.807, 2.05) is 0 Å². The fourth-order valence-corrected chi connectivity index (χ4v) is 10.8. The van der Waals surface area contributed by atoms with E-state index in [4.69, 9.17) is 17.0 Å². The fourth-order valence-electron chi connectivity index (χ4n) is 6.85. The molecule has 41 heavy (non-hydrogen) atoms. The molecule has 0 heterocycles. The van der Waals surface area contributed by atoms with Crippen LogP contribution in [-0.2, 0) is 20.8 Å². The number of allylic oxidation sites excluding steroid dienone is 9. The summed E-state index contributed by atoms with van der Waals surface area (Å²) in [6.45, 7) is 21.5. The Morgan fingerprint density at radius 2 is 1.10 bits per heavy atom. The van der Waals surface area contributed by atoms with Gasteiger partial charge in [0.2, 0.25) is 0 Å². The van der Waals surface area contributed by atoms with E-state index in [0.717, 1.165) is 0 Å². The minimum absolute atomic E-state index is 0.110. The van der Waals surface area contributed by atoms with Crippen molar-refractivity contribution in [2.75, 3.05) is 0 Å². The van der Waals surface area contributed by atoms with Crippen molar-refractivity contribution < 1.29 is 20.8 Å². The molecular weight excluding hydrogens is 635 g/mol. The van der Waals surface area contributed by atoms with Gasteiger partial charge in [0.15, 0.2) is 0 Å². The van der Waals surface area contributed by atoms with Gasteiger partial charge in [-0.15, -0.1) is 0 Å². The Labute approximate surface area is 270 Å². The second-order valence-corrected chi connectivity index (χ2v) is 22.0. The van der Waals surface area contributed by atoms with E-state index in [9.17, 15) is 0 Å². The molecule has 208 valence electrons. The summed E-state index contributed by atoms with van der Waals surface area (Å²) in [6, 6.07) is 8.84. The van der Waals surface area contributed by atoms with Crippen LogP contribution in [0.4, 0.5) is 0 Å². The van der Waals surface area contributed by atoms with E-state index in [2.05, 4.69) is 141 Å². The number of halogens is 2. The van der Waals surface area contributed by atoms with E-state index in [1.54, 1.807) is 11.1 Å². The Hall–Kier alpha value is -0.400. The third-order valence-electron chi connectivity index (χ3n) is 8.85. The van der Waals surface area contributed by atoms with Crippen molar-refractivity contribution in [3.05, 3.63) is 148 Å². The van der Waals surface area contributed by atoms with Crippen LogP contribution < -0.4 is 0 Å². The zero-order valence-corrected chi connectivity index (χ0v) is 30.7. The molecule has 0 aromatic heterocycles. The molecule has 2 fully saturated rings. The zero-order valence-electron chi connectivity index (χ0n) is 25.8. The van der Waals surface area contributed by atoms with E-state index in [0.29, 0.717) is 0 Å². The van der Waals surface area contributed by atoms with Gasteiger partial charge >= 0.3 is 37.9 Å². The van der Waals surface area contributed by atoms with Gasteiger partial charge in [0.25, 0.3) is 0 Å². The molecule has 2 saturated carbocycles. The van der Waals surface area contributed by atoms with Gasteiger partial charge in [-0.05, 0) is 56.5 Å². The molecule has 5 aliphatic carbocycles. The van der Waals surface area contributed by atoms with Gasteiger partial charge in [-0.1, -0.05) is 134 Å². The topological polar surface area (TPSA) is 0 Å². The van der Waals surface area contributed by atoms with Gasteiger partial charge in [-0.25, -0.2) is 0 Å². The maximum atomic E-state index is 4.93. The first-order chi connectivity index (χ1) is 19.2. The van der Waals surface area contributed by atoms with E-state index in [1.165, 1.54) is 63.7 Å². The number of fused-ring (bicyclic) bond motifs is 6. The molecule has 0 N–H and O–H groups in total. The Balaban J connectivity index is 0.00000108. The molecule has 0 unspecified atom stereocenters. The van der Waals surface area contributed by atoms with E-state index in [-0.39, 0.29) is 10.8 Å². The van der Waals surface area contributed by atoms with E-state index < -0.39 is 28.9 Å². The van der Waals surface area contributed by atoms with Crippen LogP contribution in [0, 0.1) is 69.8 Å². The normalized spacial score (nSPS) is 23.4. The van der Waals surface area contributed by atoms with Crippen LogP contribution in [0.3, 0.4) is 0 Å². The van der Waals surface area contributed by atoms with Crippen LogP contribution >= 0.6 is 17.0 Å². The molecule has 5 aliphatic rings. The molecule has 10 radical (unpaired) electrons. The Morgan fingerprint density at radius 3 is 1.61 bits per heavy atom. The molecule has 0 nitrogen and oxygen atoms in total. The summed E-state index contributed by atoms with van der Waals surface area (Å²) in [4.78, 5) is 0. The van der Waals surface area contributed by atoms with Crippen LogP contribution in [-0.4, -0.2) is 8.07 Å². The van der Waals surface area contributed by atoms with Gasteiger partial charge in [0.05, 0.1) is 8.07 Å². The third-order valence-corrected chi connectivity index (χ3v) is 12.5. The van der Waals surface area contributed by atoms with Crippen molar-refractivity contribution >= 4 is 31.2 Å². The molecule has 6 rings (SSSR count). The van der Waals surface area contributed by atoms with Crippen LogP contribution in [0.1, 0.15) is 59.6 Å².